The van der Waals surface area contributed by atoms with Gasteiger partial charge in [0.1, 0.15) is 5.82 Å². The highest BCUT2D eigenvalue weighted by atomic mass is 79.9. The lowest BCUT2D eigenvalue weighted by Gasteiger charge is -2.12. The van der Waals surface area contributed by atoms with Crippen LogP contribution in [0.2, 0.25) is 0 Å². The van der Waals surface area contributed by atoms with Gasteiger partial charge in [0.2, 0.25) is 0 Å². The van der Waals surface area contributed by atoms with Crippen LogP contribution in [0.1, 0.15) is 16.7 Å². The molecule has 2 aromatic carbocycles. The predicted octanol–water partition coefficient (Wildman–Crippen LogP) is 5.55. The van der Waals surface area contributed by atoms with Crippen LogP contribution in [-0.2, 0) is 5.33 Å². The molecule has 3 heteroatoms. The highest BCUT2D eigenvalue weighted by molar-refractivity contribution is 9.08. The van der Waals surface area contributed by atoms with Crippen molar-refractivity contribution < 1.29 is 4.39 Å². The summed E-state index contributed by atoms with van der Waals surface area (Å²) < 4.78 is 14.0. The van der Waals surface area contributed by atoms with E-state index in [2.05, 4.69) is 35.0 Å². The van der Waals surface area contributed by atoms with Gasteiger partial charge < -0.3 is 0 Å². The molecule has 0 aliphatic heterocycles. The molecule has 0 aliphatic rings. The molecule has 0 aliphatic carbocycles. The van der Waals surface area contributed by atoms with Crippen molar-refractivity contribution in [1.82, 2.24) is 4.98 Å². The predicted molar refractivity (Wildman–Crippen MR) is 89.2 cm³/mol. The van der Waals surface area contributed by atoms with E-state index in [1.165, 1.54) is 11.6 Å². The first-order valence-electron chi connectivity index (χ1n) is 6.82. The minimum absolute atomic E-state index is 0.221. The summed E-state index contributed by atoms with van der Waals surface area (Å²) in [4.78, 5) is 4.77. The molecule has 3 rings (SSSR count). The third kappa shape index (κ3) is 2.46. The molecule has 0 N–H and O–H groups in total. The number of alkyl halides is 1. The SMILES string of the molecule is Cc1ccccc1-c1nc2c(C)ccc(F)c2cc1CBr. The minimum atomic E-state index is -0.221. The Morgan fingerprint density at radius 1 is 1.05 bits per heavy atom. The number of hydrogen-bond donors (Lipinski definition) is 0. The standard InChI is InChI=1S/C18H15BrFN/c1-11-5-3-4-6-14(11)18-13(10-19)9-15-16(20)8-7-12(2)17(15)21-18/h3-9H,10H2,1-2H3. The highest BCUT2D eigenvalue weighted by Gasteiger charge is 2.13. The Kier molecular flexibility index (Phi) is 3.77. The number of benzene rings is 2. The van der Waals surface area contributed by atoms with Crippen molar-refractivity contribution in [2.24, 2.45) is 0 Å². The van der Waals surface area contributed by atoms with Gasteiger partial charge in [-0.3, -0.25) is 0 Å². The molecule has 1 heterocycles. The summed E-state index contributed by atoms with van der Waals surface area (Å²) in [5.74, 6) is -0.221. The number of aryl methyl sites for hydroxylation is 2. The first-order valence-corrected chi connectivity index (χ1v) is 7.94. The molecular weight excluding hydrogens is 329 g/mol. The first-order chi connectivity index (χ1) is 10.1. The summed E-state index contributed by atoms with van der Waals surface area (Å²) in [6.45, 7) is 4.03. The molecule has 21 heavy (non-hydrogen) atoms. The Hall–Kier alpha value is -1.74. The molecule has 0 saturated heterocycles. The molecule has 0 unspecified atom stereocenters. The Morgan fingerprint density at radius 3 is 2.52 bits per heavy atom. The number of halogens is 2. The Balaban J connectivity index is 2.38. The second kappa shape index (κ2) is 5.57. The van der Waals surface area contributed by atoms with Crippen LogP contribution in [0.25, 0.3) is 22.2 Å². The average molecular weight is 344 g/mol. The normalized spacial score (nSPS) is 11.0. The zero-order valence-electron chi connectivity index (χ0n) is 12.0. The van der Waals surface area contributed by atoms with Gasteiger partial charge in [-0.05, 0) is 42.7 Å². The fraction of sp³-hybridized carbons (Fsp3) is 0.167. The Labute approximate surface area is 132 Å². The lowest BCUT2D eigenvalue weighted by atomic mass is 9.99. The summed E-state index contributed by atoms with van der Waals surface area (Å²) in [5, 5.41) is 1.23. The van der Waals surface area contributed by atoms with E-state index in [4.69, 9.17) is 4.98 Å². The fourth-order valence-corrected chi connectivity index (χ4v) is 3.01. The van der Waals surface area contributed by atoms with Crippen LogP contribution in [0.4, 0.5) is 4.39 Å². The number of rotatable bonds is 2. The number of fused-ring (bicyclic) bond motifs is 1. The summed E-state index contributed by atoms with van der Waals surface area (Å²) in [6.07, 6.45) is 0. The van der Waals surface area contributed by atoms with Crippen LogP contribution in [-0.4, -0.2) is 4.98 Å². The Morgan fingerprint density at radius 2 is 1.81 bits per heavy atom. The summed E-state index contributed by atoms with van der Waals surface area (Å²) in [7, 11) is 0. The average Bonchev–Trinajstić information content (AvgIpc) is 2.50. The fourth-order valence-electron chi connectivity index (χ4n) is 2.58. The molecule has 106 valence electrons. The second-order valence-electron chi connectivity index (χ2n) is 5.21. The van der Waals surface area contributed by atoms with E-state index in [-0.39, 0.29) is 5.82 Å². The third-order valence-corrected chi connectivity index (χ3v) is 4.36. The quantitative estimate of drug-likeness (QED) is 0.555. The van der Waals surface area contributed by atoms with Crippen LogP contribution in [0, 0.1) is 19.7 Å². The van der Waals surface area contributed by atoms with Crippen molar-refractivity contribution in [3.63, 3.8) is 0 Å². The number of aromatic nitrogens is 1. The molecule has 0 saturated carbocycles. The molecule has 0 fully saturated rings. The van der Waals surface area contributed by atoms with Crippen molar-refractivity contribution in [2.45, 2.75) is 19.2 Å². The van der Waals surface area contributed by atoms with E-state index >= 15 is 0 Å². The van der Waals surface area contributed by atoms with Crippen LogP contribution in [0.5, 0.6) is 0 Å². The smallest absolute Gasteiger partial charge is 0.132 e. The third-order valence-electron chi connectivity index (χ3n) is 3.76. The molecule has 1 aromatic heterocycles. The topological polar surface area (TPSA) is 12.9 Å². The van der Waals surface area contributed by atoms with Gasteiger partial charge in [0, 0.05) is 16.3 Å². The molecule has 0 bridgehead atoms. The van der Waals surface area contributed by atoms with Crippen molar-refractivity contribution in [1.29, 1.82) is 0 Å². The second-order valence-corrected chi connectivity index (χ2v) is 5.77. The zero-order chi connectivity index (χ0) is 15.0. The number of pyridine rings is 1. The Bertz CT molecular complexity index is 827. The zero-order valence-corrected chi connectivity index (χ0v) is 13.5. The van der Waals surface area contributed by atoms with E-state index in [9.17, 15) is 4.39 Å². The molecular formula is C18H15BrFN. The molecule has 1 nitrogen and oxygen atoms in total. The number of hydrogen-bond acceptors (Lipinski definition) is 1. The van der Waals surface area contributed by atoms with Gasteiger partial charge in [-0.25, -0.2) is 9.37 Å². The van der Waals surface area contributed by atoms with Crippen LogP contribution < -0.4 is 0 Å². The van der Waals surface area contributed by atoms with Crippen LogP contribution in [0.3, 0.4) is 0 Å². The largest absolute Gasteiger partial charge is 0.247 e. The maximum atomic E-state index is 14.0. The lowest BCUT2D eigenvalue weighted by molar-refractivity contribution is 0.639. The maximum absolute atomic E-state index is 14.0. The molecule has 0 radical (unpaired) electrons. The van der Waals surface area contributed by atoms with Gasteiger partial charge in [0.05, 0.1) is 11.2 Å². The van der Waals surface area contributed by atoms with E-state index in [1.807, 2.05) is 25.1 Å². The van der Waals surface area contributed by atoms with Gasteiger partial charge in [0.15, 0.2) is 0 Å². The first kappa shape index (κ1) is 14.2. The van der Waals surface area contributed by atoms with Crippen LogP contribution >= 0.6 is 15.9 Å². The minimum Gasteiger partial charge on any atom is -0.247 e. The van der Waals surface area contributed by atoms with Gasteiger partial charge in [-0.2, -0.15) is 0 Å². The van der Waals surface area contributed by atoms with E-state index in [0.717, 1.165) is 27.9 Å². The summed E-state index contributed by atoms with van der Waals surface area (Å²) >= 11 is 3.50. The van der Waals surface area contributed by atoms with Crippen molar-refractivity contribution in [3.05, 3.63) is 65.0 Å². The summed E-state index contributed by atoms with van der Waals surface area (Å²) in [6, 6.07) is 13.3. The monoisotopic (exact) mass is 343 g/mol. The van der Waals surface area contributed by atoms with Crippen molar-refractivity contribution in [3.8, 4) is 11.3 Å². The highest BCUT2D eigenvalue weighted by Crippen LogP contribution is 2.31. The van der Waals surface area contributed by atoms with Gasteiger partial charge in [0.25, 0.3) is 0 Å². The molecule has 0 spiro atoms. The van der Waals surface area contributed by atoms with Gasteiger partial charge >= 0.3 is 0 Å². The van der Waals surface area contributed by atoms with Crippen LogP contribution in [0.15, 0.2) is 42.5 Å². The van der Waals surface area contributed by atoms with Crippen molar-refractivity contribution >= 4 is 26.8 Å². The van der Waals surface area contributed by atoms with Crippen molar-refractivity contribution in [2.75, 3.05) is 0 Å². The van der Waals surface area contributed by atoms with Gasteiger partial charge in [-0.15, -0.1) is 0 Å². The van der Waals surface area contributed by atoms with E-state index in [1.54, 1.807) is 6.07 Å². The molecule has 0 atom stereocenters. The number of nitrogens with zero attached hydrogens (tertiary/aromatic N) is 1. The molecule has 0 amide bonds. The van der Waals surface area contributed by atoms with E-state index < -0.39 is 0 Å². The summed E-state index contributed by atoms with van der Waals surface area (Å²) in [5.41, 5.74) is 5.91. The van der Waals surface area contributed by atoms with Gasteiger partial charge in [-0.1, -0.05) is 46.3 Å². The lowest BCUT2D eigenvalue weighted by Crippen LogP contribution is -1.97. The maximum Gasteiger partial charge on any atom is 0.132 e. The van der Waals surface area contributed by atoms with E-state index in [0.29, 0.717) is 10.7 Å². The molecule has 3 aromatic rings.